The summed E-state index contributed by atoms with van der Waals surface area (Å²) in [6.45, 7) is 4.35. The molecule has 2 N–H and O–H groups in total. The zero-order valence-corrected chi connectivity index (χ0v) is 20.7. The lowest BCUT2D eigenvalue weighted by atomic mass is 10.1. The molecule has 0 radical (unpaired) electrons. The van der Waals surface area contributed by atoms with E-state index in [4.69, 9.17) is 9.47 Å². The molecule has 0 heterocycles. The molecule has 0 aromatic heterocycles. The molecule has 0 aliphatic heterocycles. The monoisotopic (exact) mass is 468 g/mol. The van der Waals surface area contributed by atoms with Crippen LogP contribution >= 0.6 is 0 Å². The van der Waals surface area contributed by atoms with E-state index in [1.54, 1.807) is 0 Å². The van der Waals surface area contributed by atoms with Gasteiger partial charge in [-0.3, -0.25) is 9.59 Å². The van der Waals surface area contributed by atoms with Crippen molar-refractivity contribution in [1.29, 1.82) is 0 Å². The van der Waals surface area contributed by atoms with Crippen LogP contribution in [0, 0.1) is 0 Å². The normalized spacial score (nSPS) is 10.5. The molecule has 0 unspecified atom stereocenters. The van der Waals surface area contributed by atoms with Crippen molar-refractivity contribution >= 4 is 23.2 Å². The Hall–Kier alpha value is -3.02. The predicted octanol–water partition coefficient (Wildman–Crippen LogP) is 6.96. The number of para-hydroxylation sites is 4. The van der Waals surface area contributed by atoms with E-state index < -0.39 is 0 Å². The molecule has 0 atom stereocenters. The second kappa shape index (κ2) is 16.6. The zero-order chi connectivity index (χ0) is 24.4. The number of hydrogen-bond acceptors (Lipinski definition) is 4. The Bertz CT molecular complexity index is 797. The van der Waals surface area contributed by atoms with E-state index in [9.17, 15) is 9.59 Å². The predicted molar refractivity (Wildman–Crippen MR) is 139 cm³/mol. The molecule has 2 amide bonds. The number of anilines is 2. The van der Waals surface area contributed by atoms with Crippen molar-refractivity contribution in [2.45, 2.75) is 78.1 Å². The SMILES string of the molecule is CC(=O)Nc1ccccc1OCCCCCCCCCCCCOc1ccccc1NC(C)=O. The van der Waals surface area contributed by atoms with E-state index in [2.05, 4.69) is 10.6 Å². The molecule has 0 aliphatic carbocycles. The Labute approximate surface area is 204 Å². The molecule has 0 fully saturated rings. The maximum atomic E-state index is 11.3. The highest BCUT2D eigenvalue weighted by Crippen LogP contribution is 2.25. The fourth-order valence-corrected chi connectivity index (χ4v) is 3.75. The van der Waals surface area contributed by atoms with Gasteiger partial charge in [0.05, 0.1) is 24.6 Å². The second-order valence-corrected chi connectivity index (χ2v) is 8.59. The fourth-order valence-electron chi connectivity index (χ4n) is 3.75. The summed E-state index contributed by atoms with van der Waals surface area (Å²) in [6.07, 6.45) is 12.0. The lowest BCUT2D eigenvalue weighted by molar-refractivity contribution is -0.115. The van der Waals surface area contributed by atoms with Gasteiger partial charge in [0.25, 0.3) is 0 Å². The minimum absolute atomic E-state index is 0.0890. The van der Waals surface area contributed by atoms with Crippen molar-refractivity contribution in [1.82, 2.24) is 0 Å². The molecule has 0 saturated heterocycles. The van der Waals surface area contributed by atoms with Crippen molar-refractivity contribution in [3.05, 3.63) is 48.5 Å². The van der Waals surface area contributed by atoms with Crippen LogP contribution in [0.1, 0.15) is 78.1 Å². The summed E-state index contributed by atoms with van der Waals surface area (Å²) < 4.78 is 11.7. The van der Waals surface area contributed by atoms with Crippen molar-refractivity contribution < 1.29 is 19.1 Å². The number of unbranched alkanes of at least 4 members (excludes halogenated alkanes) is 9. The summed E-state index contributed by atoms with van der Waals surface area (Å²) >= 11 is 0. The molecule has 186 valence electrons. The van der Waals surface area contributed by atoms with Crippen LogP contribution in [0.4, 0.5) is 11.4 Å². The molecule has 2 aromatic rings. The van der Waals surface area contributed by atoms with E-state index in [-0.39, 0.29) is 11.8 Å². The van der Waals surface area contributed by atoms with Gasteiger partial charge in [0.2, 0.25) is 11.8 Å². The van der Waals surface area contributed by atoms with Gasteiger partial charge in [0, 0.05) is 13.8 Å². The van der Waals surface area contributed by atoms with Gasteiger partial charge in [-0.2, -0.15) is 0 Å². The van der Waals surface area contributed by atoms with Crippen LogP contribution in [0.5, 0.6) is 11.5 Å². The van der Waals surface area contributed by atoms with E-state index in [1.165, 1.54) is 65.2 Å². The molecular weight excluding hydrogens is 428 g/mol. The van der Waals surface area contributed by atoms with Crippen LogP contribution < -0.4 is 20.1 Å². The fraction of sp³-hybridized carbons (Fsp3) is 0.500. The molecule has 0 aliphatic rings. The third kappa shape index (κ3) is 11.7. The lowest BCUT2D eigenvalue weighted by Gasteiger charge is -2.11. The van der Waals surface area contributed by atoms with Crippen LogP contribution in [0.3, 0.4) is 0 Å². The molecule has 0 bridgehead atoms. The average molecular weight is 469 g/mol. The average Bonchev–Trinajstić information content (AvgIpc) is 2.80. The van der Waals surface area contributed by atoms with E-state index >= 15 is 0 Å². The Kier molecular flexibility index (Phi) is 13.3. The minimum Gasteiger partial charge on any atom is -0.491 e. The summed E-state index contributed by atoms with van der Waals surface area (Å²) in [7, 11) is 0. The number of benzene rings is 2. The summed E-state index contributed by atoms with van der Waals surface area (Å²) in [5.74, 6) is 1.29. The Morgan fingerprint density at radius 3 is 1.24 bits per heavy atom. The maximum absolute atomic E-state index is 11.3. The number of rotatable bonds is 17. The Balaban J connectivity index is 1.41. The lowest BCUT2D eigenvalue weighted by Crippen LogP contribution is -2.08. The summed E-state index contributed by atoms with van der Waals surface area (Å²) in [5.41, 5.74) is 1.47. The van der Waals surface area contributed by atoms with Gasteiger partial charge in [-0.1, -0.05) is 75.6 Å². The van der Waals surface area contributed by atoms with Crippen LogP contribution in [0.15, 0.2) is 48.5 Å². The number of amides is 2. The number of hydrogen-bond donors (Lipinski definition) is 2. The maximum Gasteiger partial charge on any atom is 0.221 e. The molecule has 34 heavy (non-hydrogen) atoms. The van der Waals surface area contributed by atoms with Gasteiger partial charge in [0.15, 0.2) is 0 Å². The van der Waals surface area contributed by atoms with Crippen molar-refractivity contribution in [2.24, 2.45) is 0 Å². The number of nitrogens with one attached hydrogen (secondary N) is 2. The number of ether oxygens (including phenoxy) is 2. The standard InChI is InChI=1S/C28H40N2O4/c1-23(31)29-25-17-11-13-19-27(25)33-21-15-9-7-5-3-4-6-8-10-16-22-34-28-20-14-12-18-26(28)30-24(2)32/h11-14,17-20H,3-10,15-16,21-22H2,1-2H3,(H,29,31)(H,30,32). The first kappa shape index (κ1) is 27.2. The minimum atomic E-state index is -0.0890. The Morgan fingerprint density at radius 2 is 0.882 bits per heavy atom. The van der Waals surface area contributed by atoms with Gasteiger partial charge in [-0.25, -0.2) is 0 Å². The van der Waals surface area contributed by atoms with Crippen molar-refractivity contribution in [3.63, 3.8) is 0 Å². The topological polar surface area (TPSA) is 76.7 Å². The summed E-state index contributed by atoms with van der Waals surface area (Å²) in [4.78, 5) is 22.5. The molecule has 6 nitrogen and oxygen atoms in total. The van der Waals surface area contributed by atoms with E-state index in [1.807, 2.05) is 48.5 Å². The first-order valence-corrected chi connectivity index (χ1v) is 12.5. The second-order valence-electron chi connectivity index (χ2n) is 8.59. The number of carbonyl (C=O) groups excluding carboxylic acids is 2. The number of carbonyl (C=O) groups is 2. The third-order valence-corrected chi connectivity index (χ3v) is 5.45. The molecule has 0 saturated carbocycles. The highest BCUT2D eigenvalue weighted by atomic mass is 16.5. The summed E-state index contributed by atoms with van der Waals surface area (Å²) in [6, 6.07) is 15.1. The molecule has 0 spiro atoms. The van der Waals surface area contributed by atoms with Crippen molar-refractivity contribution in [2.75, 3.05) is 23.8 Å². The van der Waals surface area contributed by atoms with Gasteiger partial charge in [0.1, 0.15) is 11.5 Å². The van der Waals surface area contributed by atoms with Crippen LogP contribution in [-0.4, -0.2) is 25.0 Å². The quantitative estimate of drug-likeness (QED) is 0.246. The molecule has 2 rings (SSSR count). The Morgan fingerprint density at radius 1 is 0.559 bits per heavy atom. The largest absolute Gasteiger partial charge is 0.491 e. The van der Waals surface area contributed by atoms with Crippen LogP contribution in [-0.2, 0) is 9.59 Å². The van der Waals surface area contributed by atoms with Gasteiger partial charge < -0.3 is 20.1 Å². The molecular formula is C28H40N2O4. The van der Waals surface area contributed by atoms with Crippen LogP contribution in [0.25, 0.3) is 0 Å². The van der Waals surface area contributed by atoms with E-state index in [0.29, 0.717) is 13.2 Å². The smallest absolute Gasteiger partial charge is 0.221 e. The highest BCUT2D eigenvalue weighted by molar-refractivity contribution is 5.90. The van der Waals surface area contributed by atoms with Gasteiger partial charge in [-0.15, -0.1) is 0 Å². The van der Waals surface area contributed by atoms with Crippen LogP contribution in [0.2, 0.25) is 0 Å². The third-order valence-electron chi connectivity index (χ3n) is 5.45. The molecule has 2 aromatic carbocycles. The summed E-state index contributed by atoms with van der Waals surface area (Å²) in [5, 5.41) is 5.60. The van der Waals surface area contributed by atoms with E-state index in [0.717, 1.165) is 35.7 Å². The van der Waals surface area contributed by atoms with Gasteiger partial charge in [-0.05, 0) is 37.1 Å². The first-order chi connectivity index (χ1) is 16.6. The van der Waals surface area contributed by atoms with Gasteiger partial charge >= 0.3 is 0 Å². The molecule has 6 heteroatoms. The highest BCUT2D eigenvalue weighted by Gasteiger charge is 2.05. The first-order valence-electron chi connectivity index (χ1n) is 12.5. The van der Waals surface area contributed by atoms with Crippen molar-refractivity contribution in [3.8, 4) is 11.5 Å². The zero-order valence-electron chi connectivity index (χ0n) is 20.7.